The second-order valence-electron chi connectivity index (χ2n) is 11.1. The summed E-state index contributed by atoms with van der Waals surface area (Å²) >= 11 is 0. The Morgan fingerprint density at radius 3 is 2.54 bits per heavy atom. The maximum atomic E-state index is 13.6. The Labute approximate surface area is 215 Å². The molecule has 7 rings (SSSR count). The number of amides is 4. The summed E-state index contributed by atoms with van der Waals surface area (Å²) in [5.74, 6) is 0.693. The summed E-state index contributed by atoms with van der Waals surface area (Å²) in [6, 6.07) is 14.9. The van der Waals surface area contributed by atoms with Crippen LogP contribution in [0.5, 0.6) is 0 Å². The van der Waals surface area contributed by atoms with Crippen molar-refractivity contribution >= 4 is 29.3 Å². The zero-order chi connectivity index (χ0) is 25.3. The molecular weight excluding hydrogens is 468 g/mol. The van der Waals surface area contributed by atoms with Gasteiger partial charge < -0.3 is 14.7 Å². The van der Waals surface area contributed by atoms with E-state index in [1.807, 2.05) is 35.2 Å². The molecule has 2 bridgehead atoms. The van der Waals surface area contributed by atoms with Crippen LogP contribution in [-0.4, -0.2) is 70.5 Å². The second-order valence-corrected chi connectivity index (χ2v) is 11.1. The van der Waals surface area contributed by atoms with Crippen molar-refractivity contribution in [2.75, 3.05) is 31.1 Å². The summed E-state index contributed by atoms with van der Waals surface area (Å²) < 4.78 is 0. The van der Waals surface area contributed by atoms with Crippen molar-refractivity contribution in [3.05, 3.63) is 65.2 Å². The molecule has 0 aromatic heterocycles. The number of para-hydroxylation sites is 1. The molecule has 190 valence electrons. The van der Waals surface area contributed by atoms with Gasteiger partial charge in [-0.25, -0.2) is 0 Å². The number of fused-ring (bicyclic) bond motifs is 9. The number of likely N-dealkylation sites (tertiary alicyclic amines) is 1. The van der Waals surface area contributed by atoms with Crippen LogP contribution in [0, 0.1) is 11.8 Å². The van der Waals surface area contributed by atoms with E-state index in [2.05, 4.69) is 4.90 Å². The van der Waals surface area contributed by atoms with Gasteiger partial charge in [0.25, 0.3) is 11.8 Å². The molecule has 2 aromatic carbocycles. The van der Waals surface area contributed by atoms with Crippen LogP contribution in [0.3, 0.4) is 0 Å². The fourth-order valence-corrected chi connectivity index (χ4v) is 7.39. The molecule has 0 spiro atoms. The Kier molecular flexibility index (Phi) is 5.13. The van der Waals surface area contributed by atoms with Gasteiger partial charge in [0.1, 0.15) is 6.17 Å². The van der Waals surface area contributed by atoms with Gasteiger partial charge in [0, 0.05) is 56.2 Å². The lowest BCUT2D eigenvalue weighted by atomic mass is 9.76. The van der Waals surface area contributed by atoms with E-state index in [0.717, 1.165) is 31.4 Å². The van der Waals surface area contributed by atoms with Gasteiger partial charge in [-0.3, -0.25) is 24.1 Å². The highest BCUT2D eigenvalue weighted by molar-refractivity contribution is 6.16. The minimum absolute atomic E-state index is 0.0427. The Bertz CT molecular complexity index is 1320. The monoisotopic (exact) mass is 498 g/mol. The Balaban J connectivity index is 1.12. The quantitative estimate of drug-likeness (QED) is 0.652. The van der Waals surface area contributed by atoms with E-state index in [9.17, 15) is 19.2 Å². The number of piperidine rings is 3. The standard InChI is InChI=1S/C29H30N4O4/c34-25(30-15-18-14-19(17-30)23-10-5-11-26(35)32(23)16-18)12-13-31-27-20-6-1-2-7-21(20)29(37)33(27)24-9-4-3-8-22(24)28(31)36/h1-4,6-9,18-19,23,27H,5,10-17H2/t18-,19+,23?,27?/m1/s1. The third-order valence-electron chi connectivity index (χ3n) is 8.98. The first-order valence-electron chi connectivity index (χ1n) is 13.4. The van der Waals surface area contributed by atoms with Gasteiger partial charge in [-0.1, -0.05) is 30.3 Å². The molecule has 5 aliphatic rings. The van der Waals surface area contributed by atoms with Crippen LogP contribution in [0.2, 0.25) is 0 Å². The van der Waals surface area contributed by atoms with Gasteiger partial charge in [0.2, 0.25) is 11.8 Å². The van der Waals surface area contributed by atoms with Crippen LogP contribution >= 0.6 is 0 Å². The second kappa shape index (κ2) is 8.43. The molecule has 0 aliphatic carbocycles. The molecule has 8 heteroatoms. The first-order chi connectivity index (χ1) is 18.0. The molecule has 37 heavy (non-hydrogen) atoms. The van der Waals surface area contributed by atoms with E-state index in [0.29, 0.717) is 48.2 Å². The molecule has 0 N–H and O–H groups in total. The number of anilines is 1. The summed E-state index contributed by atoms with van der Waals surface area (Å²) in [4.78, 5) is 60.4. The Morgan fingerprint density at radius 1 is 0.892 bits per heavy atom. The molecule has 0 saturated carbocycles. The van der Waals surface area contributed by atoms with Crippen molar-refractivity contribution in [3.8, 4) is 0 Å². The lowest BCUT2D eigenvalue weighted by molar-refractivity contribution is -0.148. The van der Waals surface area contributed by atoms with Gasteiger partial charge in [-0.15, -0.1) is 0 Å². The zero-order valence-electron chi connectivity index (χ0n) is 20.7. The third kappa shape index (κ3) is 3.41. The Hall–Kier alpha value is -3.68. The van der Waals surface area contributed by atoms with Crippen molar-refractivity contribution in [2.24, 2.45) is 11.8 Å². The van der Waals surface area contributed by atoms with Gasteiger partial charge in [-0.2, -0.15) is 0 Å². The lowest BCUT2D eigenvalue weighted by Crippen LogP contribution is -2.61. The molecule has 3 saturated heterocycles. The smallest absolute Gasteiger partial charge is 0.260 e. The number of hydrogen-bond acceptors (Lipinski definition) is 4. The van der Waals surface area contributed by atoms with Crippen LogP contribution in [-0.2, 0) is 9.59 Å². The minimum Gasteiger partial charge on any atom is -0.342 e. The molecule has 8 nitrogen and oxygen atoms in total. The van der Waals surface area contributed by atoms with Crippen molar-refractivity contribution in [1.82, 2.24) is 14.7 Å². The Morgan fingerprint density at radius 2 is 1.68 bits per heavy atom. The number of hydrogen-bond donors (Lipinski definition) is 0. The summed E-state index contributed by atoms with van der Waals surface area (Å²) in [6.45, 7) is 2.34. The number of benzene rings is 2. The molecular formula is C29H30N4O4. The highest BCUT2D eigenvalue weighted by atomic mass is 16.2. The summed E-state index contributed by atoms with van der Waals surface area (Å²) in [6.07, 6.45) is 3.36. The van der Waals surface area contributed by atoms with Crippen molar-refractivity contribution in [1.29, 1.82) is 0 Å². The van der Waals surface area contributed by atoms with E-state index in [1.165, 1.54) is 0 Å². The molecule has 5 aliphatic heterocycles. The molecule has 4 amide bonds. The molecule has 0 radical (unpaired) electrons. The van der Waals surface area contributed by atoms with Crippen molar-refractivity contribution in [2.45, 2.75) is 44.3 Å². The first kappa shape index (κ1) is 22.5. The average Bonchev–Trinajstić information content (AvgIpc) is 3.21. The van der Waals surface area contributed by atoms with E-state index in [1.54, 1.807) is 28.0 Å². The van der Waals surface area contributed by atoms with E-state index >= 15 is 0 Å². The minimum atomic E-state index is -0.540. The van der Waals surface area contributed by atoms with Gasteiger partial charge >= 0.3 is 0 Å². The lowest BCUT2D eigenvalue weighted by Gasteiger charge is -2.52. The summed E-state index contributed by atoms with van der Waals surface area (Å²) in [7, 11) is 0. The number of nitrogens with zero attached hydrogens (tertiary/aromatic N) is 4. The van der Waals surface area contributed by atoms with Crippen molar-refractivity contribution in [3.63, 3.8) is 0 Å². The normalized spacial score (nSPS) is 28.1. The van der Waals surface area contributed by atoms with Crippen LogP contribution in [0.25, 0.3) is 0 Å². The molecule has 3 fully saturated rings. The summed E-state index contributed by atoms with van der Waals surface area (Å²) in [5.41, 5.74) is 2.51. The largest absolute Gasteiger partial charge is 0.342 e. The summed E-state index contributed by atoms with van der Waals surface area (Å²) in [5, 5.41) is 0. The highest BCUT2D eigenvalue weighted by Gasteiger charge is 2.48. The average molecular weight is 499 g/mol. The SMILES string of the molecule is O=C(CCN1C(=O)c2ccccc2N2C(=O)c3ccccc3C12)N1C[C@H]2C[C@@H](C1)C1CCCC(=O)N1C2. The number of carbonyl (C=O) groups excluding carboxylic acids is 4. The number of rotatable bonds is 3. The van der Waals surface area contributed by atoms with Crippen LogP contribution < -0.4 is 4.90 Å². The predicted molar refractivity (Wildman–Crippen MR) is 136 cm³/mol. The van der Waals surface area contributed by atoms with E-state index in [-0.39, 0.29) is 42.6 Å². The highest BCUT2D eigenvalue weighted by Crippen LogP contribution is 2.45. The van der Waals surface area contributed by atoms with E-state index < -0.39 is 6.17 Å². The molecule has 2 aromatic rings. The molecule has 2 unspecified atom stereocenters. The van der Waals surface area contributed by atoms with Crippen LogP contribution in [0.1, 0.15) is 64.5 Å². The van der Waals surface area contributed by atoms with Crippen LogP contribution in [0.15, 0.2) is 48.5 Å². The number of carbonyl (C=O) groups is 4. The molecule has 5 heterocycles. The predicted octanol–water partition coefficient (Wildman–Crippen LogP) is 3.05. The topological polar surface area (TPSA) is 81.2 Å². The maximum Gasteiger partial charge on any atom is 0.260 e. The van der Waals surface area contributed by atoms with Gasteiger partial charge in [0.05, 0.1) is 11.3 Å². The van der Waals surface area contributed by atoms with Gasteiger partial charge in [0.15, 0.2) is 0 Å². The van der Waals surface area contributed by atoms with Gasteiger partial charge in [-0.05, 0) is 49.3 Å². The zero-order valence-corrected chi connectivity index (χ0v) is 20.7. The van der Waals surface area contributed by atoms with E-state index in [4.69, 9.17) is 0 Å². The fraction of sp³-hybridized carbons (Fsp3) is 0.448. The third-order valence-corrected chi connectivity index (χ3v) is 8.98. The van der Waals surface area contributed by atoms with Crippen LogP contribution in [0.4, 0.5) is 5.69 Å². The van der Waals surface area contributed by atoms with Crippen molar-refractivity contribution < 1.29 is 19.2 Å². The maximum absolute atomic E-state index is 13.6. The molecule has 4 atom stereocenters. The first-order valence-corrected chi connectivity index (χ1v) is 13.4. The fourth-order valence-electron chi connectivity index (χ4n) is 7.39.